The third kappa shape index (κ3) is 2.82. The smallest absolute Gasteiger partial charge is 0.213 e. The number of nitrogens with zero attached hydrogens (tertiary/aromatic N) is 2. The highest BCUT2D eigenvalue weighted by Gasteiger charge is 2.03. The second-order valence-electron chi connectivity index (χ2n) is 4.10. The van der Waals surface area contributed by atoms with Crippen LogP contribution in [0, 0.1) is 0 Å². The van der Waals surface area contributed by atoms with Crippen LogP contribution < -0.4 is 4.74 Å². The van der Waals surface area contributed by atoms with Crippen LogP contribution in [0.15, 0.2) is 18.3 Å². The fraction of sp³-hybridized carbons (Fsp3) is 0.333. The van der Waals surface area contributed by atoms with Crippen molar-refractivity contribution in [2.24, 2.45) is 0 Å². The van der Waals surface area contributed by atoms with Gasteiger partial charge in [0.05, 0.1) is 17.4 Å². The van der Waals surface area contributed by atoms with Crippen molar-refractivity contribution in [1.29, 1.82) is 0 Å². The van der Waals surface area contributed by atoms with E-state index in [1.165, 1.54) is 0 Å². The topological polar surface area (TPSA) is 58.2 Å². The van der Waals surface area contributed by atoms with E-state index in [0.717, 1.165) is 23.7 Å². The van der Waals surface area contributed by atoms with Gasteiger partial charge in [-0.25, -0.2) is 4.98 Å². The first-order valence-corrected chi connectivity index (χ1v) is 5.40. The summed E-state index contributed by atoms with van der Waals surface area (Å²) >= 11 is 0. The molecular weight excluding hydrogens is 218 g/mol. The Morgan fingerprint density at radius 3 is 3.00 bits per heavy atom. The van der Waals surface area contributed by atoms with Crippen LogP contribution in [-0.2, 0) is 0 Å². The van der Waals surface area contributed by atoms with Gasteiger partial charge in [0.15, 0.2) is 6.29 Å². The van der Waals surface area contributed by atoms with Crippen molar-refractivity contribution in [3.63, 3.8) is 0 Å². The molecule has 2 rings (SSSR count). The summed E-state index contributed by atoms with van der Waals surface area (Å²) in [6, 6.07) is 3.61. The highest BCUT2D eigenvalue weighted by atomic mass is 16.5. The van der Waals surface area contributed by atoms with Gasteiger partial charge >= 0.3 is 0 Å². The molecule has 0 unspecified atom stereocenters. The number of hydrogen-bond acceptors (Lipinski definition) is 4. The molecule has 0 aromatic carbocycles. The second kappa shape index (κ2) is 4.97. The quantitative estimate of drug-likeness (QED) is 0.791. The summed E-state index contributed by atoms with van der Waals surface area (Å²) in [5.74, 6) is 0.579. The maximum absolute atomic E-state index is 10.6. The average molecular weight is 233 g/mol. The van der Waals surface area contributed by atoms with E-state index in [-0.39, 0.29) is 0 Å². The number of nitrogens with one attached hydrogen (secondary N) is 1. The SMILES string of the molecule is CN(C)CCOc1cc2cc(C=O)[nH]c2cn1. The van der Waals surface area contributed by atoms with Crippen LogP contribution in [-0.4, -0.2) is 48.4 Å². The molecule has 0 spiro atoms. The van der Waals surface area contributed by atoms with Gasteiger partial charge < -0.3 is 14.6 Å². The Hall–Kier alpha value is -1.88. The number of likely N-dealkylation sites (N-methyl/N-ethyl adjacent to an activating group) is 1. The normalized spacial score (nSPS) is 11.0. The summed E-state index contributed by atoms with van der Waals surface area (Å²) < 4.78 is 5.51. The van der Waals surface area contributed by atoms with Crippen LogP contribution in [0.2, 0.25) is 0 Å². The molecular formula is C12H15N3O2. The fourth-order valence-electron chi connectivity index (χ4n) is 1.51. The van der Waals surface area contributed by atoms with Gasteiger partial charge in [0, 0.05) is 18.0 Å². The van der Waals surface area contributed by atoms with E-state index in [4.69, 9.17) is 4.74 Å². The predicted molar refractivity (Wildman–Crippen MR) is 65.5 cm³/mol. The molecule has 0 aliphatic heterocycles. The minimum atomic E-state index is 0.548. The van der Waals surface area contributed by atoms with Crippen molar-refractivity contribution < 1.29 is 9.53 Å². The zero-order valence-electron chi connectivity index (χ0n) is 9.93. The number of carbonyl (C=O) groups is 1. The Kier molecular flexibility index (Phi) is 3.39. The molecule has 0 atom stereocenters. The van der Waals surface area contributed by atoms with Crippen LogP contribution in [0.1, 0.15) is 10.5 Å². The molecule has 0 saturated heterocycles. The molecule has 0 amide bonds. The number of H-pyrrole nitrogens is 1. The molecule has 0 bridgehead atoms. The maximum Gasteiger partial charge on any atom is 0.213 e. The first-order valence-electron chi connectivity index (χ1n) is 5.40. The molecule has 17 heavy (non-hydrogen) atoms. The molecule has 0 aliphatic carbocycles. The van der Waals surface area contributed by atoms with Gasteiger partial charge in [-0.3, -0.25) is 4.79 Å². The Morgan fingerprint density at radius 1 is 1.47 bits per heavy atom. The van der Waals surface area contributed by atoms with E-state index in [9.17, 15) is 4.79 Å². The number of aldehydes is 1. The van der Waals surface area contributed by atoms with Crippen molar-refractivity contribution in [3.8, 4) is 5.88 Å². The summed E-state index contributed by atoms with van der Waals surface area (Å²) in [5, 5.41) is 0.932. The summed E-state index contributed by atoms with van der Waals surface area (Å²) in [4.78, 5) is 19.8. The lowest BCUT2D eigenvalue weighted by Crippen LogP contribution is -2.19. The number of pyridine rings is 1. The molecule has 0 radical (unpaired) electrons. The number of hydrogen-bond donors (Lipinski definition) is 1. The van der Waals surface area contributed by atoms with Gasteiger partial charge in [0.1, 0.15) is 6.61 Å². The Morgan fingerprint density at radius 2 is 2.29 bits per heavy atom. The number of fused-ring (bicyclic) bond motifs is 1. The first kappa shape index (κ1) is 11.6. The molecule has 0 aliphatic rings. The summed E-state index contributed by atoms with van der Waals surface area (Å²) in [7, 11) is 3.98. The third-order valence-electron chi connectivity index (χ3n) is 2.42. The number of carbonyl (C=O) groups excluding carboxylic acids is 1. The lowest BCUT2D eigenvalue weighted by Gasteiger charge is -2.10. The largest absolute Gasteiger partial charge is 0.476 e. The standard InChI is InChI=1S/C12H15N3O2/c1-15(2)3-4-17-12-6-9-5-10(8-16)14-11(9)7-13-12/h5-8,14H,3-4H2,1-2H3. The first-order chi connectivity index (χ1) is 8.19. The molecule has 2 aromatic rings. The Labute approximate surface area is 99.4 Å². The van der Waals surface area contributed by atoms with Crippen molar-refractivity contribution >= 4 is 17.2 Å². The Bertz CT molecular complexity index is 519. The van der Waals surface area contributed by atoms with Crippen LogP contribution in [0.25, 0.3) is 10.9 Å². The third-order valence-corrected chi connectivity index (χ3v) is 2.42. The highest BCUT2D eigenvalue weighted by Crippen LogP contribution is 2.18. The van der Waals surface area contributed by atoms with E-state index < -0.39 is 0 Å². The van der Waals surface area contributed by atoms with Gasteiger partial charge in [-0.05, 0) is 20.2 Å². The molecule has 2 aromatic heterocycles. The van der Waals surface area contributed by atoms with Crippen molar-refractivity contribution in [2.75, 3.05) is 27.2 Å². The van der Waals surface area contributed by atoms with Gasteiger partial charge in [0.25, 0.3) is 0 Å². The van der Waals surface area contributed by atoms with Gasteiger partial charge in [0.2, 0.25) is 5.88 Å². The van der Waals surface area contributed by atoms with Crippen LogP contribution in [0.3, 0.4) is 0 Å². The number of rotatable bonds is 5. The molecule has 90 valence electrons. The lowest BCUT2D eigenvalue weighted by atomic mass is 10.3. The van der Waals surface area contributed by atoms with E-state index in [1.807, 2.05) is 25.1 Å². The minimum Gasteiger partial charge on any atom is -0.476 e. The molecule has 2 heterocycles. The zero-order chi connectivity index (χ0) is 12.3. The fourth-order valence-corrected chi connectivity index (χ4v) is 1.51. The Balaban J connectivity index is 2.11. The van der Waals surface area contributed by atoms with E-state index in [2.05, 4.69) is 9.97 Å². The van der Waals surface area contributed by atoms with Gasteiger partial charge in [-0.2, -0.15) is 0 Å². The lowest BCUT2D eigenvalue weighted by molar-refractivity contribution is 0.112. The van der Waals surface area contributed by atoms with Crippen LogP contribution >= 0.6 is 0 Å². The number of ether oxygens (including phenoxy) is 1. The van der Waals surface area contributed by atoms with E-state index in [1.54, 1.807) is 12.3 Å². The molecule has 1 N–H and O–H groups in total. The van der Waals surface area contributed by atoms with E-state index >= 15 is 0 Å². The predicted octanol–water partition coefficient (Wildman–Crippen LogP) is 1.32. The number of aromatic nitrogens is 2. The summed E-state index contributed by atoms with van der Waals surface area (Å²) in [6.07, 6.45) is 2.46. The summed E-state index contributed by atoms with van der Waals surface area (Å²) in [5.41, 5.74) is 1.39. The minimum absolute atomic E-state index is 0.548. The van der Waals surface area contributed by atoms with Crippen molar-refractivity contribution in [3.05, 3.63) is 24.0 Å². The molecule has 5 heteroatoms. The van der Waals surface area contributed by atoms with Gasteiger partial charge in [-0.15, -0.1) is 0 Å². The van der Waals surface area contributed by atoms with Crippen LogP contribution in [0.5, 0.6) is 5.88 Å². The molecule has 0 saturated carbocycles. The maximum atomic E-state index is 10.6. The summed E-state index contributed by atoms with van der Waals surface area (Å²) in [6.45, 7) is 1.43. The van der Waals surface area contributed by atoms with Crippen molar-refractivity contribution in [1.82, 2.24) is 14.9 Å². The number of aromatic amines is 1. The monoisotopic (exact) mass is 233 g/mol. The molecule has 5 nitrogen and oxygen atoms in total. The van der Waals surface area contributed by atoms with Gasteiger partial charge in [-0.1, -0.05) is 0 Å². The van der Waals surface area contributed by atoms with Crippen LogP contribution in [0.4, 0.5) is 0 Å². The van der Waals surface area contributed by atoms with Crippen molar-refractivity contribution in [2.45, 2.75) is 0 Å². The average Bonchev–Trinajstić information content (AvgIpc) is 2.70. The highest BCUT2D eigenvalue weighted by molar-refractivity contribution is 5.87. The van der Waals surface area contributed by atoms with E-state index in [0.29, 0.717) is 18.2 Å². The zero-order valence-corrected chi connectivity index (χ0v) is 9.93. The second-order valence-corrected chi connectivity index (χ2v) is 4.10. The molecule has 0 fully saturated rings.